The Morgan fingerprint density at radius 3 is 2.64 bits per heavy atom. The predicted octanol–water partition coefficient (Wildman–Crippen LogP) is 3.95. The maximum Gasteiger partial charge on any atom is 0.316 e. The Labute approximate surface area is 171 Å². The molecule has 144 valence electrons. The number of hydrogen-bond acceptors (Lipinski definition) is 5. The number of urea groups is 1. The quantitative estimate of drug-likeness (QED) is 0.532. The van der Waals surface area contributed by atoms with E-state index in [9.17, 15) is 9.59 Å². The molecular formula is C19H19N5O2S2. The zero-order valence-corrected chi connectivity index (χ0v) is 16.8. The van der Waals surface area contributed by atoms with Crippen LogP contribution in [0.15, 0.2) is 48.5 Å². The summed E-state index contributed by atoms with van der Waals surface area (Å²) in [5, 5.41) is 9.88. The molecule has 0 radical (unpaired) electrons. The molecule has 1 aromatic heterocycles. The second kappa shape index (κ2) is 8.77. The summed E-state index contributed by atoms with van der Waals surface area (Å²) < 4.78 is 0.522. The van der Waals surface area contributed by atoms with Gasteiger partial charge in [-0.15, -0.1) is 5.10 Å². The Kier molecular flexibility index (Phi) is 6.17. The van der Waals surface area contributed by atoms with Crippen LogP contribution in [0.3, 0.4) is 0 Å². The van der Waals surface area contributed by atoms with E-state index in [1.165, 1.54) is 16.2 Å². The monoisotopic (exact) mass is 413 g/mol. The standard InChI is InChI=1S/C19H19N5O2S2/c1-24(18-22-23-19(27)28-18)16(25)10-8-12-7-9-14(13-5-3-2-4-6-13)15(11-12)21-17(20)26/h2-7,9,11H,8,10H2,1H3,(H,23,27)(H3,20,21,26). The lowest BCUT2D eigenvalue weighted by Crippen LogP contribution is -2.26. The van der Waals surface area contributed by atoms with Gasteiger partial charge in [0.1, 0.15) is 0 Å². The summed E-state index contributed by atoms with van der Waals surface area (Å²) in [5.74, 6) is -0.0747. The number of H-pyrrole nitrogens is 1. The lowest BCUT2D eigenvalue weighted by atomic mass is 9.99. The minimum Gasteiger partial charge on any atom is -0.351 e. The highest BCUT2D eigenvalue weighted by Gasteiger charge is 2.15. The lowest BCUT2D eigenvalue weighted by molar-refractivity contribution is -0.118. The fourth-order valence-electron chi connectivity index (χ4n) is 2.74. The number of nitrogens with zero attached hydrogens (tertiary/aromatic N) is 2. The fourth-order valence-corrected chi connectivity index (χ4v) is 3.60. The molecule has 0 unspecified atom stereocenters. The molecule has 0 bridgehead atoms. The van der Waals surface area contributed by atoms with Crippen LogP contribution in [0.1, 0.15) is 12.0 Å². The van der Waals surface area contributed by atoms with Crippen molar-refractivity contribution in [3.05, 3.63) is 58.0 Å². The van der Waals surface area contributed by atoms with Crippen LogP contribution < -0.4 is 16.0 Å². The molecule has 7 nitrogen and oxygen atoms in total. The van der Waals surface area contributed by atoms with Gasteiger partial charge in [-0.05, 0) is 35.8 Å². The molecule has 0 aliphatic heterocycles. The average molecular weight is 414 g/mol. The number of anilines is 2. The zero-order chi connectivity index (χ0) is 20.1. The Hall–Kier alpha value is -3.04. The molecule has 0 aliphatic carbocycles. The largest absolute Gasteiger partial charge is 0.351 e. The van der Waals surface area contributed by atoms with Crippen molar-refractivity contribution in [2.24, 2.45) is 5.73 Å². The van der Waals surface area contributed by atoms with Crippen molar-refractivity contribution in [1.29, 1.82) is 0 Å². The normalized spacial score (nSPS) is 10.5. The van der Waals surface area contributed by atoms with Crippen LogP contribution in [0, 0.1) is 3.95 Å². The minimum atomic E-state index is -0.634. The van der Waals surface area contributed by atoms with E-state index < -0.39 is 6.03 Å². The molecule has 0 saturated heterocycles. The molecule has 0 atom stereocenters. The van der Waals surface area contributed by atoms with Gasteiger partial charge in [0.15, 0.2) is 3.95 Å². The first-order valence-corrected chi connectivity index (χ1v) is 9.73. The third-order valence-corrected chi connectivity index (χ3v) is 5.31. The van der Waals surface area contributed by atoms with E-state index in [1.807, 2.05) is 48.5 Å². The molecule has 0 saturated carbocycles. The summed E-state index contributed by atoms with van der Waals surface area (Å²) in [5.41, 5.74) is 8.68. The summed E-state index contributed by atoms with van der Waals surface area (Å²) in [6.07, 6.45) is 0.811. The van der Waals surface area contributed by atoms with Crippen molar-refractivity contribution in [2.75, 3.05) is 17.3 Å². The number of primary amides is 1. The molecular weight excluding hydrogens is 394 g/mol. The van der Waals surface area contributed by atoms with Crippen LogP contribution in [0.2, 0.25) is 0 Å². The van der Waals surface area contributed by atoms with Gasteiger partial charge in [-0.1, -0.05) is 53.8 Å². The summed E-state index contributed by atoms with van der Waals surface area (Å²) in [7, 11) is 1.67. The lowest BCUT2D eigenvalue weighted by Gasteiger charge is -2.14. The third kappa shape index (κ3) is 4.81. The molecule has 0 spiro atoms. The van der Waals surface area contributed by atoms with Gasteiger partial charge in [-0.3, -0.25) is 14.8 Å². The smallest absolute Gasteiger partial charge is 0.316 e. The van der Waals surface area contributed by atoms with Gasteiger partial charge in [0.25, 0.3) is 0 Å². The molecule has 2 aromatic carbocycles. The number of nitrogens with one attached hydrogen (secondary N) is 2. The summed E-state index contributed by atoms with van der Waals surface area (Å²) in [6, 6.07) is 14.8. The summed E-state index contributed by atoms with van der Waals surface area (Å²) in [6.45, 7) is 0. The van der Waals surface area contributed by atoms with E-state index in [0.29, 0.717) is 27.6 Å². The molecule has 3 amide bonds. The van der Waals surface area contributed by atoms with E-state index in [1.54, 1.807) is 7.05 Å². The van der Waals surface area contributed by atoms with E-state index in [4.69, 9.17) is 18.0 Å². The molecule has 3 aromatic rings. The van der Waals surface area contributed by atoms with E-state index in [2.05, 4.69) is 15.5 Å². The number of aromatic nitrogens is 2. The van der Waals surface area contributed by atoms with Crippen molar-refractivity contribution in [1.82, 2.24) is 10.2 Å². The van der Waals surface area contributed by atoms with Gasteiger partial charge in [0, 0.05) is 19.0 Å². The third-order valence-electron chi connectivity index (χ3n) is 4.14. The molecule has 9 heteroatoms. The van der Waals surface area contributed by atoms with Gasteiger partial charge >= 0.3 is 6.03 Å². The zero-order valence-electron chi connectivity index (χ0n) is 15.1. The van der Waals surface area contributed by atoms with Crippen LogP contribution in [-0.4, -0.2) is 29.2 Å². The highest BCUT2D eigenvalue weighted by atomic mass is 32.1. The Bertz CT molecular complexity index is 1050. The highest BCUT2D eigenvalue weighted by molar-refractivity contribution is 7.73. The van der Waals surface area contributed by atoms with E-state index >= 15 is 0 Å². The number of amides is 3. The van der Waals surface area contributed by atoms with Crippen LogP contribution in [0.5, 0.6) is 0 Å². The van der Waals surface area contributed by atoms with Crippen LogP contribution in [0.4, 0.5) is 15.6 Å². The molecule has 3 rings (SSSR count). The highest BCUT2D eigenvalue weighted by Crippen LogP contribution is 2.29. The summed E-state index contributed by atoms with van der Waals surface area (Å²) >= 11 is 6.25. The number of aromatic amines is 1. The molecule has 4 N–H and O–H groups in total. The van der Waals surface area contributed by atoms with Crippen LogP contribution in [-0.2, 0) is 11.2 Å². The predicted molar refractivity (Wildman–Crippen MR) is 114 cm³/mol. The Morgan fingerprint density at radius 2 is 2.00 bits per heavy atom. The fraction of sp³-hybridized carbons (Fsp3) is 0.158. The number of rotatable bonds is 6. The van der Waals surface area contributed by atoms with E-state index in [-0.39, 0.29) is 5.91 Å². The number of aryl methyl sites for hydroxylation is 1. The minimum absolute atomic E-state index is 0.0747. The van der Waals surface area contributed by atoms with Crippen LogP contribution in [0.25, 0.3) is 11.1 Å². The second-order valence-corrected chi connectivity index (χ2v) is 7.73. The van der Waals surface area contributed by atoms with Gasteiger partial charge < -0.3 is 11.1 Å². The second-order valence-electron chi connectivity index (χ2n) is 6.08. The SMILES string of the molecule is CN(C(=O)CCc1ccc(-c2ccccc2)c(NC(N)=O)c1)c1n[nH]c(=S)s1. The molecule has 28 heavy (non-hydrogen) atoms. The first-order valence-electron chi connectivity index (χ1n) is 8.51. The molecule has 1 heterocycles. The van der Waals surface area contributed by atoms with Crippen molar-refractivity contribution < 1.29 is 9.59 Å². The number of carbonyl (C=O) groups excluding carboxylic acids is 2. The van der Waals surface area contributed by atoms with Crippen molar-refractivity contribution in [3.63, 3.8) is 0 Å². The first-order chi connectivity index (χ1) is 13.4. The van der Waals surface area contributed by atoms with Crippen LogP contribution >= 0.6 is 23.6 Å². The molecule has 0 fully saturated rings. The first kappa shape index (κ1) is 19.7. The topological polar surface area (TPSA) is 104 Å². The maximum absolute atomic E-state index is 12.4. The number of nitrogens with two attached hydrogens (primary N) is 1. The number of benzene rings is 2. The summed E-state index contributed by atoms with van der Waals surface area (Å²) in [4.78, 5) is 25.3. The number of carbonyl (C=O) groups is 2. The van der Waals surface area contributed by atoms with Gasteiger partial charge in [0.2, 0.25) is 11.0 Å². The van der Waals surface area contributed by atoms with Crippen molar-refractivity contribution in [3.8, 4) is 11.1 Å². The molecule has 0 aliphatic rings. The van der Waals surface area contributed by atoms with Gasteiger partial charge in [0.05, 0.1) is 5.69 Å². The van der Waals surface area contributed by atoms with Gasteiger partial charge in [-0.25, -0.2) is 4.79 Å². The van der Waals surface area contributed by atoms with Gasteiger partial charge in [-0.2, -0.15) is 0 Å². The number of hydrogen-bond donors (Lipinski definition) is 3. The average Bonchev–Trinajstić information content (AvgIpc) is 3.12. The maximum atomic E-state index is 12.4. The van der Waals surface area contributed by atoms with E-state index in [0.717, 1.165) is 16.7 Å². The van der Waals surface area contributed by atoms with Crippen molar-refractivity contribution in [2.45, 2.75) is 12.8 Å². The van der Waals surface area contributed by atoms with Crippen molar-refractivity contribution >= 4 is 46.3 Å². The Balaban J connectivity index is 1.76. The Morgan fingerprint density at radius 1 is 1.25 bits per heavy atom.